The third-order valence-electron chi connectivity index (χ3n) is 4.76. The van der Waals surface area contributed by atoms with E-state index in [2.05, 4.69) is 16.0 Å². The molecule has 0 saturated heterocycles. The summed E-state index contributed by atoms with van der Waals surface area (Å²) in [6, 6.07) is 16.5. The van der Waals surface area contributed by atoms with Crippen LogP contribution in [0.2, 0.25) is 0 Å². The maximum atomic E-state index is 10.2. The largest absolute Gasteiger partial charge is 0.504 e. The molecule has 0 fully saturated rings. The summed E-state index contributed by atoms with van der Waals surface area (Å²) in [6.07, 6.45) is 1.76. The number of nitriles is 2. The molecule has 140 valence electrons. The van der Waals surface area contributed by atoms with Crippen LogP contribution in [0, 0.1) is 22.7 Å². The number of nitrogen functional groups attached to an aromatic ring is 1. The number of nitrogens with one attached hydrogen (secondary N) is 1. The molecule has 0 atom stereocenters. The van der Waals surface area contributed by atoms with Gasteiger partial charge in [0.2, 0.25) is 0 Å². The van der Waals surface area contributed by atoms with Crippen LogP contribution in [-0.2, 0) is 0 Å². The molecule has 0 aliphatic carbocycles. The van der Waals surface area contributed by atoms with Gasteiger partial charge in [-0.15, -0.1) is 0 Å². The second kappa shape index (κ2) is 6.91. The number of aromatic amines is 1. The highest BCUT2D eigenvalue weighted by molar-refractivity contribution is 5.98. The number of aromatic nitrogens is 2. The van der Waals surface area contributed by atoms with E-state index < -0.39 is 0 Å². The number of phenols is 1. The van der Waals surface area contributed by atoms with E-state index in [9.17, 15) is 15.6 Å². The van der Waals surface area contributed by atoms with Crippen LogP contribution in [0.25, 0.3) is 33.3 Å². The van der Waals surface area contributed by atoms with Gasteiger partial charge in [0.05, 0.1) is 18.4 Å². The highest BCUT2D eigenvalue weighted by atomic mass is 16.5. The van der Waals surface area contributed by atoms with Crippen molar-refractivity contribution in [2.24, 2.45) is 0 Å². The van der Waals surface area contributed by atoms with Crippen molar-refractivity contribution in [3.63, 3.8) is 0 Å². The third kappa shape index (κ3) is 2.78. The minimum absolute atomic E-state index is 0.0112. The number of methoxy groups -OCH3 is 1. The van der Waals surface area contributed by atoms with Gasteiger partial charge in [-0.2, -0.15) is 10.5 Å². The smallest absolute Gasteiger partial charge is 0.160 e. The molecular formula is C22H15N5O2. The monoisotopic (exact) mass is 381 g/mol. The summed E-state index contributed by atoms with van der Waals surface area (Å²) in [7, 11) is 1.44. The van der Waals surface area contributed by atoms with Crippen LogP contribution in [-0.4, -0.2) is 22.2 Å². The first-order valence-electron chi connectivity index (χ1n) is 8.66. The number of ether oxygens (including phenoxy) is 1. The maximum Gasteiger partial charge on any atom is 0.160 e. The van der Waals surface area contributed by atoms with Crippen LogP contribution < -0.4 is 10.5 Å². The second-order valence-electron chi connectivity index (χ2n) is 6.33. The van der Waals surface area contributed by atoms with Crippen LogP contribution in [0.1, 0.15) is 11.1 Å². The van der Waals surface area contributed by atoms with Gasteiger partial charge in [-0.25, -0.2) is 4.98 Å². The zero-order valence-corrected chi connectivity index (χ0v) is 15.4. The molecule has 2 heterocycles. The van der Waals surface area contributed by atoms with Gasteiger partial charge in [-0.3, -0.25) is 0 Å². The molecule has 0 aliphatic heterocycles. The lowest BCUT2D eigenvalue weighted by Gasteiger charge is -2.14. The summed E-state index contributed by atoms with van der Waals surface area (Å²) in [5.74, 6) is 0.184. The van der Waals surface area contributed by atoms with Gasteiger partial charge >= 0.3 is 0 Å². The normalized spacial score (nSPS) is 10.4. The predicted molar refractivity (Wildman–Crippen MR) is 109 cm³/mol. The fourth-order valence-electron chi connectivity index (χ4n) is 3.42. The fraction of sp³-hybridized carbons (Fsp3) is 0.0455. The van der Waals surface area contributed by atoms with Gasteiger partial charge in [0.15, 0.2) is 11.5 Å². The summed E-state index contributed by atoms with van der Waals surface area (Å²) in [5.41, 5.74) is 9.12. The SMILES string of the molecule is COc1ccc(-c2c(C#N)c(N)nc(-c3c[nH]c4ccccc34)c2C#N)cc1O. The molecule has 0 spiro atoms. The van der Waals surface area contributed by atoms with Crippen molar-refractivity contribution in [3.8, 4) is 46.0 Å². The Labute approximate surface area is 166 Å². The predicted octanol–water partition coefficient (Wildman–Crippen LogP) is 3.94. The lowest BCUT2D eigenvalue weighted by Crippen LogP contribution is -2.03. The van der Waals surface area contributed by atoms with E-state index in [1.165, 1.54) is 13.2 Å². The van der Waals surface area contributed by atoms with Gasteiger partial charge in [-0.1, -0.05) is 24.3 Å². The van der Waals surface area contributed by atoms with E-state index in [1.807, 2.05) is 30.3 Å². The van der Waals surface area contributed by atoms with Gasteiger partial charge in [0.1, 0.15) is 23.5 Å². The molecule has 4 N–H and O–H groups in total. The van der Waals surface area contributed by atoms with Gasteiger partial charge < -0.3 is 20.6 Å². The zero-order chi connectivity index (χ0) is 20.5. The van der Waals surface area contributed by atoms with Crippen LogP contribution in [0.4, 0.5) is 5.82 Å². The molecule has 2 aromatic heterocycles. The van der Waals surface area contributed by atoms with Gasteiger partial charge in [0, 0.05) is 28.2 Å². The highest BCUT2D eigenvalue weighted by Crippen LogP contribution is 2.40. The molecule has 4 rings (SSSR count). The van der Waals surface area contributed by atoms with E-state index in [4.69, 9.17) is 10.5 Å². The topological polar surface area (TPSA) is 132 Å². The molecule has 0 bridgehead atoms. The lowest BCUT2D eigenvalue weighted by molar-refractivity contribution is 0.373. The number of rotatable bonds is 3. The summed E-state index contributed by atoms with van der Waals surface area (Å²) < 4.78 is 5.08. The number of para-hydroxylation sites is 1. The summed E-state index contributed by atoms with van der Waals surface area (Å²) in [4.78, 5) is 7.53. The van der Waals surface area contributed by atoms with E-state index >= 15 is 0 Å². The van der Waals surface area contributed by atoms with Crippen LogP contribution >= 0.6 is 0 Å². The Hall–Kier alpha value is -4.49. The van der Waals surface area contributed by atoms with Crippen LogP contribution in [0.3, 0.4) is 0 Å². The number of phenolic OH excluding ortho intramolecular Hbond substituents is 1. The summed E-state index contributed by atoms with van der Waals surface area (Å²) in [6.45, 7) is 0. The quantitative estimate of drug-likeness (QED) is 0.492. The number of hydrogen-bond acceptors (Lipinski definition) is 6. The van der Waals surface area contributed by atoms with Crippen LogP contribution in [0.5, 0.6) is 11.5 Å². The first kappa shape index (κ1) is 17.9. The van der Waals surface area contributed by atoms with Gasteiger partial charge in [0.25, 0.3) is 0 Å². The standard InChI is InChI=1S/C22H15N5O2/c1-29-19-7-6-12(8-18(19)28)20-14(9-23)21(27-22(25)15(20)10-24)16-11-26-17-5-3-2-4-13(16)17/h2-8,11,26,28H,1H3,(H2,25,27). The van der Waals surface area contributed by atoms with E-state index in [-0.39, 0.29) is 28.4 Å². The summed E-state index contributed by atoms with van der Waals surface area (Å²) >= 11 is 0. The van der Waals surface area contributed by atoms with Crippen molar-refractivity contribution < 1.29 is 9.84 Å². The number of fused-ring (bicyclic) bond motifs is 1. The Kier molecular flexibility index (Phi) is 4.27. The van der Waals surface area contributed by atoms with Crippen molar-refractivity contribution in [1.82, 2.24) is 9.97 Å². The molecule has 0 aliphatic rings. The molecule has 7 nitrogen and oxygen atoms in total. The molecule has 2 aromatic carbocycles. The number of benzene rings is 2. The Morgan fingerprint density at radius 1 is 1.10 bits per heavy atom. The molecule has 7 heteroatoms. The van der Waals surface area contributed by atoms with Crippen molar-refractivity contribution in [2.75, 3.05) is 12.8 Å². The van der Waals surface area contributed by atoms with E-state index in [0.717, 1.165) is 10.9 Å². The maximum absolute atomic E-state index is 10.2. The molecule has 4 aromatic rings. The Bertz CT molecular complexity index is 1340. The number of anilines is 1. The molecule has 0 radical (unpaired) electrons. The lowest BCUT2D eigenvalue weighted by atomic mass is 9.92. The number of nitrogens with zero attached hydrogens (tertiary/aromatic N) is 3. The average Bonchev–Trinajstić information content (AvgIpc) is 3.16. The van der Waals surface area contributed by atoms with Crippen molar-refractivity contribution in [2.45, 2.75) is 0 Å². The minimum Gasteiger partial charge on any atom is -0.504 e. The molecule has 29 heavy (non-hydrogen) atoms. The van der Waals surface area contributed by atoms with E-state index in [1.54, 1.807) is 18.3 Å². The average molecular weight is 381 g/mol. The highest BCUT2D eigenvalue weighted by Gasteiger charge is 2.23. The minimum atomic E-state index is -0.109. The van der Waals surface area contributed by atoms with Crippen molar-refractivity contribution in [3.05, 3.63) is 59.8 Å². The molecule has 0 saturated carbocycles. The molecular weight excluding hydrogens is 366 g/mol. The van der Waals surface area contributed by atoms with Crippen molar-refractivity contribution in [1.29, 1.82) is 10.5 Å². The first-order valence-corrected chi connectivity index (χ1v) is 8.66. The fourth-order valence-corrected chi connectivity index (χ4v) is 3.42. The molecule has 0 amide bonds. The Balaban J connectivity index is 2.07. The number of hydrogen-bond donors (Lipinski definition) is 3. The second-order valence-corrected chi connectivity index (χ2v) is 6.33. The summed E-state index contributed by atoms with van der Waals surface area (Å²) in [5, 5.41) is 30.7. The number of nitrogens with two attached hydrogens (primary N) is 1. The number of aromatic hydroxyl groups is 1. The third-order valence-corrected chi connectivity index (χ3v) is 4.76. The van der Waals surface area contributed by atoms with E-state index in [0.29, 0.717) is 22.4 Å². The number of pyridine rings is 1. The molecule has 0 unspecified atom stereocenters. The van der Waals surface area contributed by atoms with Crippen LogP contribution in [0.15, 0.2) is 48.7 Å². The van der Waals surface area contributed by atoms with Crippen molar-refractivity contribution >= 4 is 16.7 Å². The Morgan fingerprint density at radius 2 is 1.86 bits per heavy atom. The zero-order valence-electron chi connectivity index (χ0n) is 15.4. The first-order chi connectivity index (χ1) is 14.1. The number of H-pyrrole nitrogens is 1. The Morgan fingerprint density at radius 3 is 2.55 bits per heavy atom. The van der Waals surface area contributed by atoms with Gasteiger partial charge in [-0.05, 0) is 23.8 Å².